The average molecular weight is 870 g/mol. The third kappa shape index (κ3) is 9.36. The van der Waals surface area contributed by atoms with Crippen LogP contribution in [0.15, 0.2) is 85.1 Å². The van der Waals surface area contributed by atoms with Crippen molar-refractivity contribution in [3.8, 4) is 6.07 Å². The highest BCUT2D eigenvalue weighted by Gasteiger charge is 2.49. The van der Waals surface area contributed by atoms with E-state index in [0.717, 1.165) is 22.0 Å². The molecule has 0 bridgehead atoms. The molecule has 4 heterocycles. The number of nitrogens with one attached hydrogen (secondary N) is 5. The number of benzene rings is 3. The normalized spacial score (nSPS) is 26.0. The van der Waals surface area contributed by atoms with Crippen LogP contribution in [0.3, 0.4) is 0 Å². The maximum absolute atomic E-state index is 14.8. The van der Waals surface area contributed by atoms with Crippen molar-refractivity contribution < 1.29 is 33.5 Å². The van der Waals surface area contributed by atoms with Gasteiger partial charge in [0.2, 0.25) is 35.4 Å². The summed E-state index contributed by atoms with van der Waals surface area (Å²) in [6.45, 7) is 2.11. The Kier molecular flexibility index (Phi) is 13.1. The Balaban J connectivity index is 1.17. The number of hydrogen-bond acceptors (Lipinski definition) is 9. The SMILES string of the molecule is CC(N)[C@@H]1NC(=O)[C@H](Cc2c[nH]c3ccccc23)NC(=O)C2(CCCC2)NC(=O)[C@H](Cc2ccc(C#N)cc2)NC(=O)[C@@H]2C[C@@H](OCc3ccccc3)CN2C(=O)[C@H]2CCCN2C1=O. The van der Waals surface area contributed by atoms with E-state index in [1.165, 1.54) is 9.80 Å². The Labute approximate surface area is 371 Å². The molecule has 1 saturated carbocycles. The first-order valence-electron chi connectivity index (χ1n) is 22.2. The van der Waals surface area contributed by atoms with Crippen LogP contribution in [0.5, 0.6) is 0 Å². The minimum atomic E-state index is -1.44. The number of carbonyl (C=O) groups excluding carboxylic acids is 6. The molecule has 3 saturated heterocycles. The van der Waals surface area contributed by atoms with Gasteiger partial charge in [-0.2, -0.15) is 5.26 Å². The van der Waals surface area contributed by atoms with Crippen LogP contribution >= 0.6 is 0 Å². The number of hydrogen-bond donors (Lipinski definition) is 6. The average Bonchev–Trinajstić information content (AvgIpc) is 4.14. The van der Waals surface area contributed by atoms with E-state index in [4.69, 9.17) is 10.5 Å². The third-order valence-electron chi connectivity index (χ3n) is 13.2. The lowest BCUT2D eigenvalue weighted by atomic mass is 9.93. The quantitative estimate of drug-likeness (QED) is 0.152. The van der Waals surface area contributed by atoms with E-state index in [-0.39, 0.29) is 51.8 Å². The number of nitrogens with two attached hydrogens (primary N) is 1. The van der Waals surface area contributed by atoms with Gasteiger partial charge < -0.3 is 46.5 Å². The molecule has 3 aromatic carbocycles. The molecule has 4 aromatic rings. The lowest BCUT2D eigenvalue weighted by Crippen LogP contribution is -2.66. The number of H-pyrrole nitrogens is 1. The number of amides is 6. The van der Waals surface area contributed by atoms with Gasteiger partial charge in [0.25, 0.3) is 0 Å². The second-order valence-electron chi connectivity index (χ2n) is 17.6. The van der Waals surface area contributed by atoms with Crippen LogP contribution < -0.4 is 27.0 Å². The number of para-hydroxylation sites is 1. The topological polar surface area (TPSA) is 232 Å². The smallest absolute Gasteiger partial charge is 0.247 e. The van der Waals surface area contributed by atoms with Crippen LogP contribution in [-0.4, -0.2) is 111 Å². The molecule has 4 aliphatic rings. The zero-order chi connectivity index (χ0) is 45.0. The first kappa shape index (κ1) is 44.1. The molecule has 16 nitrogen and oxygen atoms in total. The second-order valence-corrected chi connectivity index (χ2v) is 17.6. The summed E-state index contributed by atoms with van der Waals surface area (Å²) in [5, 5.41) is 22.1. The molecule has 4 fully saturated rings. The van der Waals surface area contributed by atoms with E-state index in [1.807, 2.05) is 54.6 Å². The molecule has 7 atom stereocenters. The van der Waals surface area contributed by atoms with Crippen LogP contribution in [-0.2, 0) is 53.0 Å². The van der Waals surface area contributed by atoms with Gasteiger partial charge in [0.05, 0.1) is 24.3 Å². The van der Waals surface area contributed by atoms with Crippen LogP contribution in [0.1, 0.15) is 74.1 Å². The van der Waals surface area contributed by atoms with Crippen LogP contribution in [0, 0.1) is 11.3 Å². The van der Waals surface area contributed by atoms with Gasteiger partial charge >= 0.3 is 0 Å². The van der Waals surface area contributed by atoms with Crippen molar-refractivity contribution >= 4 is 46.3 Å². The summed E-state index contributed by atoms with van der Waals surface area (Å²) in [6.07, 6.45) is 3.96. The van der Waals surface area contributed by atoms with E-state index in [2.05, 4.69) is 32.3 Å². The number of rotatable bonds is 8. The first-order valence-corrected chi connectivity index (χ1v) is 22.2. The summed E-state index contributed by atoms with van der Waals surface area (Å²) >= 11 is 0. The predicted octanol–water partition coefficient (Wildman–Crippen LogP) is 2.25. The van der Waals surface area contributed by atoms with Crippen molar-refractivity contribution in [1.29, 1.82) is 5.26 Å². The molecule has 6 amide bonds. The first-order chi connectivity index (χ1) is 30.9. The summed E-state index contributed by atoms with van der Waals surface area (Å²) in [4.78, 5) is 94.3. The van der Waals surface area contributed by atoms with Crippen LogP contribution in [0.25, 0.3) is 10.9 Å². The molecule has 334 valence electrons. The van der Waals surface area contributed by atoms with Gasteiger partial charge in [-0.15, -0.1) is 0 Å². The molecule has 8 rings (SSSR count). The largest absolute Gasteiger partial charge is 0.372 e. The second kappa shape index (κ2) is 19.0. The number of ether oxygens (including phenoxy) is 1. The van der Waals surface area contributed by atoms with Crippen LogP contribution in [0.2, 0.25) is 0 Å². The highest BCUT2D eigenvalue weighted by Crippen LogP contribution is 2.32. The Morgan fingerprint density at radius 1 is 0.781 bits per heavy atom. The molecule has 1 spiro atoms. The fourth-order valence-corrected chi connectivity index (χ4v) is 9.69. The van der Waals surface area contributed by atoms with E-state index in [9.17, 15) is 34.0 Å². The number of nitrogens with zero attached hydrogens (tertiary/aromatic N) is 3. The Morgan fingerprint density at radius 2 is 1.50 bits per heavy atom. The van der Waals surface area contributed by atoms with Gasteiger partial charge in [-0.05, 0) is 67.5 Å². The maximum atomic E-state index is 14.8. The molecule has 64 heavy (non-hydrogen) atoms. The lowest BCUT2D eigenvalue weighted by molar-refractivity contribution is -0.148. The summed E-state index contributed by atoms with van der Waals surface area (Å²) in [6, 6.07) is 19.2. The molecule has 7 N–H and O–H groups in total. The highest BCUT2D eigenvalue weighted by atomic mass is 16.5. The molecule has 0 radical (unpaired) electrons. The summed E-state index contributed by atoms with van der Waals surface area (Å²) in [7, 11) is 0. The summed E-state index contributed by atoms with van der Waals surface area (Å²) in [5.41, 5.74) is 8.57. The fourth-order valence-electron chi connectivity index (χ4n) is 9.69. The van der Waals surface area contributed by atoms with Gasteiger partial charge in [-0.25, -0.2) is 0 Å². The maximum Gasteiger partial charge on any atom is 0.247 e. The Hall–Kier alpha value is -6.57. The molecule has 16 heteroatoms. The lowest BCUT2D eigenvalue weighted by Gasteiger charge is -2.36. The number of aromatic amines is 1. The van der Waals surface area contributed by atoms with Gasteiger partial charge in [-0.3, -0.25) is 28.8 Å². The molecule has 1 aliphatic carbocycles. The van der Waals surface area contributed by atoms with Crippen molar-refractivity contribution in [3.05, 3.63) is 107 Å². The van der Waals surface area contributed by atoms with Crippen molar-refractivity contribution in [2.75, 3.05) is 13.1 Å². The highest BCUT2D eigenvalue weighted by molar-refractivity contribution is 6.00. The third-order valence-corrected chi connectivity index (χ3v) is 13.2. The van der Waals surface area contributed by atoms with Gasteiger partial charge in [0.1, 0.15) is 35.7 Å². The predicted molar refractivity (Wildman–Crippen MR) is 236 cm³/mol. The number of fused-ring (bicyclic) bond motifs is 3. The summed E-state index contributed by atoms with van der Waals surface area (Å²) in [5.74, 6) is -3.43. The number of nitriles is 1. The zero-order valence-corrected chi connectivity index (χ0v) is 35.9. The van der Waals surface area contributed by atoms with Gasteiger partial charge in [-0.1, -0.05) is 73.5 Å². The van der Waals surface area contributed by atoms with Crippen molar-refractivity contribution in [1.82, 2.24) is 36.1 Å². The fraction of sp³-hybridized carbons (Fsp3) is 0.438. The number of carbonyl (C=O) groups is 6. The summed E-state index contributed by atoms with van der Waals surface area (Å²) < 4.78 is 6.31. The van der Waals surface area contributed by atoms with E-state index >= 15 is 0 Å². The molecule has 1 unspecified atom stereocenters. The van der Waals surface area contributed by atoms with Crippen molar-refractivity contribution in [2.24, 2.45) is 5.73 Å². The zero-order valence-electron chi connectivity index (χ0n) is 35.9. The Bertz CT molecular complexity index is 2420. The van der Waals surface area contributed by atoms with E-state index in [1.54, 1.807) is 37.4 Å². The molecule has 1 aromatic heterocycles. The van der Waals surface area contributed by atoms with E-state index < -0.39 is 83.3 Å². The van der Waals surface area contributed by atoms with E-state index in [0.29, 0.717) is 36.8 Å². The van der Waals surface area contributed by atoms with Crippen molar-refractivity contribution in [2.45, 2.75) is 119 Å². The minimum Gasteiger partial charge on any atom is -0.372 e. The minimum absolute atomic E-state index is 0.00471. The standard InChI is InChI=1S/C48H55N9O7/c1-29(50)41-46(62)56-21-9-14-39(56)45(61)57-27-34(64-28-32-10-3-2-4-11-32)24-40(57)44(60)52-37(22-30-15-17-31(25-49)18-16-30)43(59)55-48(19-7-8-20-48)47(63)53-38(42(58)54-41)23-33-26-51-36-13-6-5-12-35(33)36/h2-6,10-13,15-18,26,29,34,37-41,51H,7-9,14,19-24,27-28,50H2,1H3,(H,52,60)(H,53,63)(H,54,58)(H,55,59)/t29?,34-,37+,38+,39-,40+,41+/m1/s1. The molecular weight excluding hydrogens is 815 g/mol. The molecule has 3 aliphatic heterocycles. The molecular formula is C48H55N9O7. The van der Waals surface area contributed by atoms with Crippen LogP contribution in [0.4, 0.5) is 0 Å². The van der Waals surface area contributed by atoms with Gasteiger partial charge in [0, 0.05) is 55.5 Å². The number of aromatic nitrogens is 1. The van der Waals surface area contributed by atoms with Gasteiger partial charge in [0.15, 0.2) is 0 Å². The van der Waals surface area contributed by atoms with Crippen molar-refractivity contribution in [3.63, 3.8) is 0 Å². The monoisotopic (exact) mass is 869 g/mol. The Morgan fingerprint density at radius 3 is 2.23 bits per heavy atom.